The molecule has 2 aromatic rings. The van der Waals surface area contributed by atoms with E-state index in [0.29, 0.717) is 6.04 Å². The van der Waals surface area contributed by atoms with Crippen LogP contribution in [0.2, 0.25) is 0 Å². The van der Waals surface area contributed by atoms with Gasteiger partial charge in [-0.1, -0.05) is 43.7 Å². The average Bonchev–Trinajstić information content (AvgIpc) is 2.49. The summed E-state index contributed by atoms with van der Waals surface area (Å²) in [5, 5.41) is 3.57. The average molecular weight is 268 g/mol. The van der Waals surface area contributed by atoms with Crippen LogP contribution in [0.25, 0.3) is 0 Å². The lowest BCUT2D eigenvalue weighted by atomic mass is 10.0. The highest BCUT2D eigenvalue weighted by atomic mass is 14.9. The summed E-state index contributed by atoms with van der Waals surface area (Å²) in [6.45, 7) is 5.41. The van der Waals surface area contributed by atoms with Crippen molar-refractivity contribution in [2.24, 2.45) is 0 Å². The monoisotopic (exact) mass is 268 g/mol. The maximum atomic E-state index is 4.14. The first kappa shape index (κ1) is 14.7. The molecule has 2 heteroatoms. The quantitative estimate of drug-likeness (QED) is 0.823. The lowest BCUT2D eigenvalue weighted by Gasteiger charge is -2.14. The van der Waals surface area contributed by atoms with Crippen molar-refractivity contribution < 1.29 is 0 Å². The van der Waals surface area contributed by atoms with E-state index in [4.69, 9.17) is 0 Å². The lowest BCUT2D eigenvalue weighted by molar-refractivity contribution is 0.576. The van der Waals surface area contributed by atoms with Gasteiger partial charge in [0.05, 0.1) is 0 Å². The molecular formula is C18H24N2. The van der Waals surface area contributed by atoms with Gasteiger partial charge in [0.2, 0.25) is 0 Å². The SMILES string of the molecule is CCCc1ccc(C(C)NCCc2cccnc2)cc1. The molecule has 0 amide bonds. The summed E-state index contributed by atoms with van der Waals surface area (Å²) >= 11 is 0. The van der Waals surface area contributed by atoms with E-state index in [2.05, 4.69) is 54.5 Å². The smallest absolute Gasteiger partial charge is 0.0300 e. The van der Waals surface area contributed by atoms with Gasteiger partial charge in [-0.2, -0.15) is 0 Å². The Morgan fingerprint density at radius 2 is 1.85 bits per heavy atom. The molecule has 0 saturated heterocycles. The van der Waals surface area contributed by atoms with Gasteiger partial charge < -0.3 is 5.32 Å². The number of benzene rings is 1. The molecule has 0 saturated carbocycles. The normalized spacial score (nSPS) is 12.3. The molecule has 0 aliphatic rings. The molecule has 1 N–H and O–H groups in total. The van der Waals surface area contributed by atoms with Crippen molar-refractivity contribution in [3.8, 4) is 0 Å². The van der Waals surface area contributed by atoms with Crippen LogP contribution in [0.15, 0.2) is 48.8 Å². The van der Waals surface area contributed by atoms with Crippen LogP contribution in [0, 0.1) is 0 Å². The minimum absolute atomic E-state index is 0.391. The fourth-order valence-electron chi connectivity index (χ4n) is 2.36. The number of hydrogen-bond acceptors (Lipinski definition) is 2. The zero-order valence-corrected chi connectivity index (χ0v) is 12.5. The van der Waals surface area contributed by atoms with Crippen molar-refractivity contribution in [1.82, 2.24) is 10.3 Å². The minimum atomic E-state index is 0.391. The van der Waals surface area contributed by atoms with Gasteiger partial charge in [-0.15, -0.1) is 0 Å². The van der Waals surface area contributed by atoms with Crippen molar-refractivity contribution in [3.05, 3.63) is 65.5 Å². The van der Waals surface area contributed by atoms with E-state index >= 15 is 0 Å². The Kier molecular flexibility index (Phi) is 5.75. The number of nitrogens with one attached hydrogen (secondary N) is 1. The summed E-state index contributed by atoms with van der Waals surface area (Å²) < 4.78 is 0. The zero-order chi connectivity index (χ0) is 14.2. The van der Waals surface area contributed by atoms with Gasteiger partial charge in [0.25, 0.3) is 0 Å². The zero-order valence-electron chi connectivity index (χ0n) is 12.5. The highest BCUT2D eigenvalue weighted by Gasteiger charge is 2.04. The van der Waals surface area contributed by atoms with E-state index in [1.807, 2.05) is 18.5 Å². The molecule has 0 bridgehead atoms. The molecule has 1 heterocycles. The Labute approximate surface area is 122 Å². The first-order chi connectivity index (χ1) is 9.79. The van der Waals surface area contributed by atoms with Crippen LogP contribution >= 0.6 is 0 Å². The fraction of sp³-hybridized carbons (Fsp3) is 0.389. The Morgan fingerprint density at radius 1 is 1.05 bits per heavy atom. The first-order valence-electron chi connectivity index (χ1n) is 7.50. The maximum Gasteiger partial charge on any atom is 0.0300 e. The predicted octanol–water partition coefficient (Wildman–Crippen LogP) is 3.93. The Morgan fingerprint density at radius 3 is 2.50 bits per heavy atom. The van der Waals surface area contributed by atoms with Crippen molar-refractivity contribution in [3.63, 3.8) is 0 Å². The molecule has 2 nitrogen and oxygen atoms in total. The number of rotatable bonds is 7. The van der Waals surface area contributed by atoms with Gasteiger partial charge in [-0.05, 0) is 49.1 Å². The topological polar surface area (TPSA) is 24.9 Å². The molecule has 0 spiro atoms. The molecule has 1 aromatic carbocycles. The van der Waals surface area contributed by atoms with Crippen LogP contribution in [-0.4, -0.2) is 11.5 Å². The third-order valence-electron chi connectivity index (χ3n) is 3.61. The lowest BCUT2D eigenvalue weighted by Crippen LogP contribution is -2.21. The molecule has 1 atom stereocenters. The van der Waals surface area contributed by atoms with Crippen LogP contribution in [0.1, 0.15) is 43.0 Å². The summed E-state index contributed by atoms with van der Waals surface area (Å²) in [5.41, 5.74) is 4.07. The molecular weight excluding hydrogens is 244 g/mol. The second-order valence-corrected chi connectivity index (χ2v) is 5.28. The number of nitrogens with zero attached hydrogens (tertiary/aromatic N) is 1. The molecule has 0 aliphatic carbocycles. The van der Waals surface area contributed by atoms with E-state index in [0.717, 1.165) is 13.0 Å². The number of aryl methyl sites for hydroxylation is 1. The van der Waals surface area contributed by atoms with Crippen molar-refractivity contribution >= 4 is 0 Å². The van der Waals surface area contributed by atoms with Crippen LogP contribution in [0.5, 0.6) is 0 Å². The summed E-state index contributed by atoms with van der Waals surface area (Å²) in [6, 6.07) is 13.5. The Hall–Kier alpha value is -1.67. The molecule has 20 heavy (non-hydrogen) atoms. The molecule has 1 aromatic heterocycles. The van der Waals surface area contributed by atoms with Crippen LogP contribution < -0.4 is 5.32 Å². The summed E-state index contributed by atoms with van der Waals surface area (Å²) in [5.74, 6) is 0. The third-order valence-corrected chi connectivity index (χ3v) is 3.61. The Balaban J connectivity index is 1.80. The standard InChI is InChI=1S/C18H24N2/c1-3-5-16-7-9-18(10-8-16)15(2)20-13-11-17-6-4-12-19-14-17/h4,6-10,12,14-15,20H,3,5,11,13H2,1-2H3. The maximum absolute atomic E-state index is 4.14. The summed E-state index contributed by atoms with van der Waals surface area (Å²) in [7, 11) is 0. The number of hydrogen-bond donors (Lipinski definition) is 1. The third kappa shape index (κ3) is 4.46. The van der Waals surface area contributed by atoms with Crippen LogP contribution in [0.3, 0.4) is 0 Å². The van der Waals surface area contributed by atoms with Crippen molar-refractivity contribution in [2.75, 3.05) is 6.54 Å². The van der Waals surface area contributed by atoms with Crippen LogP contribution in [0.4, 0.5) is 0 Å². The van der Waals surface area contributed by atoms with Gasteiger partial charge in [0, 0.05) is 18.4 Å². The predicted molar refractivity (Wildman–Crippen MR) is 84.8 cm³/mol. The van der Waals surface area contributed by atoms with E-state index in [1.165, 1.54) is 29.5 Å². The summed E-state index contributed by atoms with van der Waals surface area (Å²) in [6.07, 6.45) is 7.15. The second kappa shape index (κ2) is 7.81. The fourth-order valence-corrected chi connectivity index (χ4v) is 2.36. The molecule has 0 fully saturated rings. The molecule has 0 aliphatic heterocycles. The summed E-state index contributed by atoms with van der Waals surface area (Å²) in [4.78, 5) is 4.14. The van der Waals surface area contributed by atoms with Gasteiger partial charge in [0.1, 0.15) is 0 Å². The number of aromatic nitrogens is 1. The van der Waals surface area contributed by atoms with E-state index in [-0.39, 0.29) is 0 Å². The van der Waals surface area contributed by atoms with E-state index in [9.17, 15) is 0 Å². The highest BCUT2D eigenvalue weighted by Crippen LogP contribution is 2.14. The molecule has 2 rings (SSSR count). The van der Waals surface area contributed by atoms with Gasteiger partial charge in [-0.3, -0.25) is 4.98 Å². The second-order valence-electron chi connectivity index (χ2n) is 5.28. The van der Waals surface area contributed by atoms with Gasteiger partial charge in [-0.25, -0.2) is 0 Å². The first-order valence-corrected chi connectivity index (χ1v) is 7.50. The largest absolute Gasteiger partial charge is 0.310 e. The van der Waals surface area contributed by atoms with Crippen molar-refractivity contribution in [1.29, 1.82) is 0 Å². The molecule has 106 valence electrons. The van der Waals surface area contributed by atoms with Crippen LogP contribution in [-0.2, 0) is 12.8 Å². The van der Waals surface area contributed by atoms with Gasteiger partial charge >= 0.3 is 0 Å². The van der Waals surface area contributed by atoms with E-state index < -0.39 is 0 Å². The van der Waals surface area contributed by atoms with E-state index in [1.54, 1.807) is 0 Å². The molecule has 1 unspecified atom stereocenters. The Bertz CT molecular complexity index is 491. The molecule has 0 radical (unpaired) electrons. The highest BCUT2D eigenvalue weighted by molar-refractivity contribution is 5.24. The number of pyridine rings is 1. The van der Waals surface area contributed by atoms with Gasteiger partial charge in [0.15, 0.2) is 0 Å². The minimum Gasteiger partial charge on any atom is -0.310 e. The van der Waals surface area contributed by atoms with Crippen molar-refractivity contribution in [2.45, 2.75) is 39.2 Å².